The van der Waals surface area contributed by atoms with Crippen molar-refractivity contribution in [1.82, 2.24) is 25.2 Å². The third-order valence-corrected chi connectivity index (χ3v) is 6.24. The van der Waals surface area contributed by atoms with Gasteiger partial charge in [-0.1, -0.05) is 43.4 Å². The minimum atomic E-state index is -0.270. The van der Waals surface area contributed by atoms with E-state index in [4.69, 9.17) is 11.6 Å². The lowest BCUT2D eigenvalue weighted by atomic mass is 9.87. The fourth-order valence-corrected chi connectivity index (χ4v) is 4.62. The van der Waals surface area contributed by atoms with Gasteiger partial charge in [0.2, 0.25) is 5.91 Å². The minimum absolute atomic E-state index is 0.0377. The molecule has 1 aromatic carbocycles. The fourth-order valence-electron chi connectivity index (χ4n) is 3.82. The van der Waals surface area contributed by atoms with E-state index < -0.39 is 0 Å². The first kappa shape index (κ1) is 19.0. The number of hydrogen-bond donors (Lipinski definition) is 1. The number of carbonyl (C=O) groups is 1. The number of nitrogens with one attached hydrogen (secondary N) is 1. The third kappa shape index (κ3) is 4.07. The van der Waals surface area contributed by atoms with Gasteiger partial charge in [-0.15, -0.1) is 16.4 Å². The van der Waals surface area contributed by atoms with Crippen molar-refractivity contribution in [2.45, 2.75) is 44.9 Å². The topological polar surface area (TPSA) is 85.6 Å². The highest BCUT2D eigenvalue weighted by Gasteiger charge is 2.28. The Morgan fingerprint density at radius 3 is 2.86 bits per heavy atom. The summed E-state index contributed by atoms with van der Waals surface area (Å²) in [7, 11) is 0. The van der Waals surface area contributed by atoms with Crippen molar-refractivity contribution in [3.05, 3.63) is 46.2 Å². The van der Waals surface area contributed by atoms with Crippen LogP contribution < -0.4 is 5.32 Å². The summed E-state index contributed by atoms with van der Waals surface area (Å²) in [5.74, 6) is 0.906. The molecule has 1 fully saturated rings. The molecule has 3 aromatic rings. The molecule has 0 spiro atoms. The van der Waals surface area contributed by atoms with Gasteiger partial charge in [-0.2, -0.15) is 4.68 Å². The van der Waals surface area contributed by atoms with Crippen LogP contribution in [0.3, 0.4) is 0 Å². The monoisotopic (exact) mass is 416 g/mol. The van der Waals surface area contributed by atoms with Crippen LogP contribution in [-0.4, -0.2) is 31.1 Å². The van der Waals surface area contributed by atoms with Crippen molar-refractivity contribution in [2.24, 2.45) is 5.92 Å². The highest BCUT2D eigenvalue weighted by Crippen LogP contribution is 2.36. The van der Waals surface area contributed by atoms with E-state index in [9.17, 15) is 4.79 Å². The van der Waals surface area contributed by atoms with Gasteiger partial charge < -0.3 is 5.32 Å². The Morgan fingerprint density at radius 2 is 2.21 bits per heavy atom. The lowest BCUT2D eigenvalue weighted by Gasteiger charge is -2.21. The molecule has 28 heavy (non-hydrogen) atoms. The van der Waals surface area contributed by atoms with Crippen LogP contribution in [0.4, 0.5) is 5.13 Å². The molecule has 9 heteroatoms. The van der Waals surface area contributed by atoms with Crippen LogP contribution in [-0.2, 0) is 4.79 Å². The number of aryl methyl sites for hydroxylation is 1. The van der Waals surface area contributed by atoms with Gasteiger partial charge in [0.15, 0.2) is 11.0 Å². The molecule has 0 radical (unpaired) electrons. The highest BCUT2D eigenvalue weighted by molar-refractivity contribution is 7.13. The summed E-state index contributed by atoms with van der Waals surface area (Å²) in [6, 6.07) is 5.68. The number of benzene rings is 1. The predicted molar refractivity (Wildman–Crippen MR) is 109 cm³/mol. The lowest BCUT2D eigenvalue weighted by Crippen LogP contribution is -2.23. The van der Waals surface area contributed by atoms with Crippen molar-refractivity contribution in [1.29, 1.82) is 0 Å². The molecule has 7 nitrogen and oxygen atoms in total. The average Bonchev–Trinajstić information content (AvgIpc) is 3.43. The van der Waals surface area contributed by atoms with Gasteiger partial charge in [0.05, 0.1) is 16.6 Å². The molecule has 1 unspecified atom stereocenters. The van der Waals surface area contributed by atoms with Crippen LogP contribution in [0, 0.1) is 12.8 Å². The van der Waals surface area contributed by atoms with E-state index in [1.165, 1.54) is 37.0 Å². The van der Waals surface area contributed by atoms with E-state index in [1.54, 1.807) is 10.9 Å². The molecular weight excluding hydrogens is 396 g/mol. The van der Waals surface area contributed by atoms with Crippen LogP contribution in [0.5, 0.6) is 0 Å². The zero-order valence-corrected chi connectivity index (χ0v) is 17.1. The summed E-state index contributed by atoms with van der Waals surface area (Å²) in [5.41, 5.74) is 1.60. The van der Waals surface area contributed by atoms with E-state index in [2.05, 4.69) is 25.8 Å². The number of thiazole rings is 1. The summed E-state index contributed by atoms with van der Waals surface area (Å²) >= 11 is 7.96. The van der Waals surface area contributed by atoms with Gasteiger partial charge in [0, 0.05) is 11.6 Å². The highest BCUT2D eigenvalue weighted by atomic mass is 35.5. The Morgan fingerprint density at radius 1 is 1.39 bits per heavy atom. The minimum Gasteiger partial charge on any atom is -0.301 e. The second kappa shape index (κ2) is 8.36. The molecule has 1 amide bonds. The van der Waals surface area contributed by atoms with Crippen LogP contribution >= 0.6 is 22.9 Å². The Bertz CT molecular complexity index is 951. The van der Waals surface area contributed by atoms with Gasteiger partial charge in [0.1, 0.15) is 0 Å². The number of nitrogens with zero attached hydrogens (tertiary/aromatic N) is 5. The molecule has 2 aromatic heterocycles. The molecule has 1 aliphatic rings. The number of anilines is 1. The van der Waals surface area contributed by atoms with Gasteiger partial charge in [0.25, 0.3) is 0 Å². The summed E-state index contributed by atoms with van der Waals surface area (Å²) in [6.45, 7) is 1.81. The van der Waals surface area contributed by atoms with Gasteiger partial charge in [-0.25, -0.2) is 4.98 Å². The molecule has 1 saturated carbocycles. The molecule has 4 rings (SSSR count). The molecule has 1 N–H and O–H groups in total. The Labute approximate surface area is 172 Å². The van der Waals surface area contributed by atoms with Crippen molar-refractivity contribution < 1.29 is 4.79 Å². The SMILES string of the molecule is Cc1nnnn1-c1ccc(C(CC2CCCC2)C(=O)Nc2nccs2)cc1Cl. The third-order valence-electron chi connectivity index (χ3n) is 5.25. The first-order chi connectivity index (χ1) is 13.6. The summed E-state index contributed by atoms with van der Waals surface area (Å²) in [5, 5.41) is 17.5. The molecule has 0 bridgehead atoms. The summed E-state index contributed by atoms with van der Waals surface area (Å²) < 4.78 is 1.59. The maximum absolute atomic E-state index is 13.1. The Kier molecular flexibility index (Phi) is 5.68. The maximum atomic E-state index is 13.1. The van der Waals surface area contributed by atoms with Crippen molar-refractivity contribution in [3.63, 3.8) is 0 Å². The van der Waals surface area contributed by atoms with Crippen molar-refractivity contribution in [2.75, 3.05) is 5.32 Å². The first-order valence-electron chi connectivity index (χ1n) is 9.37. The zero-order chi connectivity index (χ0) is 19.5. The van der Waals surface area contributed by atoms with Crippen LogP contribution in [0.25, 0.3) is 5.69 Å². The lowest BCUT2D eigenvalue weighted by molar-refractivity contribution is -0.118. The second-order valence-electron chi connectivity index (χ2n) is 7.11. The van der Waals surface area contributed by atoms with Crippen LogP contribution in [0.15, 0.2) is 29.8 Å². The normalized spacial score (nSPS) is 15.6. The maximum Gasteiger partial charge on any atom is 0.233 e. The van der Waals surface area contributed by atoms with Crippen molar-refractivity contribution in [3.8, 4) is 5.69 Å². The Hall–Kier alpha value is -2.32. The molecule has 1 atom stereocenters. The number of rotatable bonds is 6. The molecule has 0 aliphatic heterocycles. The fraction of sp³-hybridized carbons (Fsp3) is 0.421. The van der Waals surface area contributed by atoms with E-state index in [1.807, 2.05) is 30.5 Å². The van der Waals surface area contributed by atoms with Crippen molar-refractivity contribution >= 4 is 34.0 Å². The quantitative estimate of drug-likeness (QED) is 0.644. The zero-order valence-electron chi connectivity index (χ0n) is 15.5. The van der Waals surface area contributed by atoms with E-state index in [0.717, 1.165) is 12.0 Å². The second-order valence-corrected chi connectivity index (χ2v) is 8.42. The summed E-state index contributed by atoms with van der Waals surface area (Å²) in [6.07, 6.45) is 7.34. The van der Waals surface area contributed by atoms with Gasteiger partial charge in [-0.3, -0.25) is 4.79 Å². The average molecular weight is 417 g/mol. The van der Waals surface area contributed by atoms with Crippen LogP contribution in [0.1, 0.15) is 49.4 Å². The number of tetrazole rings is 1. The first-order valence-corrected chi connectivity index (χ1v) is 10.6. The Balaban J connectivity index is 1.62. The smallest absolute Gasteiger partial charge is 0.233 e. The number of halogens is 1. The predicted octanol–water partition coefficient (Wildman–Crippen LogP) is 4.38. The standard InChI is InChI=1S/C19H21ClN6OS/c1-12-23-24-25-26(12)17-7-6-14(11-16(17)20)15(10-13-4-2-3-5-13)18(27)22-19-21-8-9-28-19/h6-9,11,13,15H,2-5,10H2,1H3,(H,21,22,27). The number of aromatic nitrogens is 5. The largest absolute Gasteiger partial charge is 0.301 e. The van der Waals surface area contributed by atoms with E-state index in [-0.39, 0.29) is 11.8 Å². The summed E-state index contributed by atoms with van der Waals surface area (Å²) in [4.78, 5) is 17.2. The molecule has 1 aliphatic carbocycles. The molecule has 2 heterocycles. The number of amides is 1. The number of carbonyl (C=O) groups excluding carboxylic acids is 1. The molecular formula is C19H21ClN6OS. The molecule has 0 saturated heterocycles. The van der Waals surface area contributed by atoms with Gasteiger partial charge in [-0.05, 0) is 47.4 Å². The number of hydrogen-bond acceptors (Lipinski definition) is 6. The van der Waals surface area contributed by atoms with E-state index in [0.29, 0.717) is 27.6 Å². The van der Waals surface area contributed by atoms with Crippen LogP contribution in [0.2, 0.25) is 5.02 Å². The van der Waals surface area contributed by atoms with Gasteiger partial charge >= 0.3 is 0 Å². The van der Waals surface area contributed by atoms with E-state index >= 15 is 0 Å². The molecule has 146 valence electrons.